The summed E-state index contributed by atoms with van der Waals surface area (Å²) in [6.07, 6.45) is 12.8. The molecule has 3 heteroatoms. The number of anilines is 3. The van der Waals surface area contributed by atoms with Crippen molar-refractivity contribution in [2.24, 2.45) is 0 Å². The Bertz CT molecular complexity index is 1350. The number of hydrogen-bond acceptors (Lipinski definition) is 3. The lowest BCUT2D eigenvalue weighted by molar-refractivity contribution is 0.607. The minimum absolute atomic E-state index is 0.968. The van der Waals surface area contributed by atoms with E-state index in [9.17, 15) is 0 Å². The van der Waals surface area contributed by atoms with Crippen molar-refractivity contribution in [2.45, 2.75) is 51.9 Å². The highest BCUT2D eigenvalue weighted by molar-refractivity contribution is 5.81. The molecule has 0 unspecified atom stereocenters. The van der Waals surface area contributed by atoms with Gasteiger partial charge in [0, 0.05) is 40.6 Å². The second-order valence-corrected chi connectivity index (χ2v) is 10.1. The summed E-state index contributed by atoms with van der Waals surface area (Å²) >= 11 is 0. The molecule has 2 aromatic heterocycles. The summed E-state index contributed by atoms with van der Waals surface area (Å²) in [7, 11) is 0. The third-order valence-corrected chi connectivity index (χ3v) is 7.14. The van der Waals surface area contributed by atoms with Gasteiger partial charge in [0.1, 0.15) is 0 Å². The molecule has 0 aliphatic heterocycles. The monoisotopic (exact) mass is 511 g/mol. The van der Waals surface area contributed by atoms with Crippen LogP contribution in [0, 0.1) is 0 Å². The van der Waals surface area contributed by atoms with Gasteiger partial charge in [-0.3, -0.25) is 9.97 Å². The smallest absolute Gasteiger partial charge is 0.0702 e. The Labute approximate surface area is 233 Å². The Balaban J connectivity index is 1.46. The molecular weight excluding hydrogens is 474 g/mol. The van der Waals surface area contributed by atoms with Crippen molar-refractivity contribution in [1.82, 2.24) is 9.97 Å². The van der Waals surface area contributed by atoms with Crippen LogP contribution in [0.4, 0.5) is 17.1 Å². The van der Waals surface area contributed by atoms with E-state index in [1.807, 2.05) is 36.7 Å². The van der Waals surface area contributed by atoms with Crippen molar-refractivity contribution in [3.63, 3.8) is 0 Å². The van der Waals surface area contributed by atoms with E-state index in [4.69, 9.17) is 0 Å². The summed E-state index contributed by atoms with van der Waals surface area (Å²) < 4.78 is 0. The fraction of sp³-hybridized carbons (Fsp3) is 0.222. The lowest BCUT2D eigenvalue weighted by Gasteiger charge is -2.26. The van der Waals surface area contributed by atoms with E-state index in [0.29, 0.717) is 0 Å². The van der Waals surface area contributed by atoms with Crippen LogP contribution in [0.2, 0.25) is 0 Å². The maximum absolute atomic E-state index is 4.59. The van der Waals surface area contributed by atoms with E-state index < -0.39 is 0 Å². The van der Waals surface area contributed by atoms with Gasteiger partial charge in [-0.05, 0) is 79.1 Å². The highest BCUT2D eigenvalue weighted by atomic mass is 15.1. The fourth-order valence-corrected chi connectivity index (χ4v) is 5.04. The largest absolute Gasteiger partial charge is 0.310 e. The molecule has 39 heavy (non-hydrogen) atoms. The summed E-state index contributed by atoms with van der Waals surface area (Å²) in [5.74, 6) is 0. The second kappa shape index (κ2) is 13.5. The van der Waals surface area contributed by atoms with E-state index in [1.165, 1.54) is 44.1 Å². The maximum Gasteiger partial charge on any atom is 0.0702 e. The summed E-state index contributed by atoms with van der Waals surface area (Å²) in [6.45, 7) is 2.27. The molecule has 0 bridgehead atoms. The number of aryl methyl sites for hydroxylation is 1. The quantitative estimate of drug-likeness (QED) is 0.156. The van der Waals surface area contributed by atoms with Crippen LogP contribution in [0.5, 0.6) is 0 Å². The molecule has 0 saturated carbocycles. The van der Waals surface area contributed by atoms with Gasteiger partial charge in [0.25, 0.3) is 0 Å². The highest BCUT2D eigenvalue weighted by Crippen LogP contribution is 2.37. The van der Waals surface area contributed by atoms with Crippen LogP contribution in [-0.2, 0) is 6.42 Å². The van der Waals surface area contributed by atoms with Crippen LogP contribution in [0.3, 0.4) is 0 Å². The standard InChI is InChI=1S/C36H37N3/c1-2-3-4-5-6-7-14-29-21-23-32(24-22-29)39(33-17-12-15-30(27-33)35-19-8-10-25-37-35)34-18-13-16-31(28-34)36-20-9-11-26-38-36/h8-13,15-28H,2-7,14H2,1H3. The van der Waals surface area contributed by atoms with Crippen molar-refractivity contribution < 1.29 is 0 Å². The van der Waals surface area contributed by atoms with Gasteiger partial charge in [0.05, 0.1) is 11.4 Å². The first-order chi connectivity index (χ1) is 19.3. The van der Waals surface area contributed by atoms with Crippen LogP contribution in [0.15, 0.2) is 122 Å². The SMILES string of the molecule is CCCCCCCCc1ccc(N(c2cccc(-c3ccccn3)c2)c2cccc(-c3ccccn3)c2)cc1. The fourth-order valence-electron chi connectivity index (χ4n) is 5.04. The first-order valence-corrected chi connectivity index (χ1v) is 14.2. The van der Waals surface area contributed by atoms with Gasteiger partial charge in [0.15, 0.2) is 0 Å². The number of rotatable bonds is 12. The Morgan fingerprint density at radius 3 is 1.62 bits per heavy atom. The van der Waals surface area contributed by atoms with E-state index >= 15 is 0 Å². The molecule has 0 fully saturated rings. The molecule has 2 heterocycles. The maximum atomic E-state index is 4.59. The van der Waals surface area contributed by atoms with Crippen LogP contribution in [0.25, 0.3) is 22.5 Å². The molecule has 0 amide bonds. The minimum Gasteiger partial charge on any atom is -0.310 e. The summed E-state index contributed by atoms with van der Waals surface area (Å²) in [4.78, 5) is 11.5. The molecule has 5 rings (SSSR count). The molecule has 0 atom stereocenters. The van der Waals surface area contributed by atoms with Gasteiger partial charge in [0.2, 0.25) is 0 Å². The number of benzene rings is 3. The predicted octanol–water partition coefficient (Wildman–Crippen LogP) is 10.2. The van der Waals surface area contributed by atoms with Gasteiger partial charge in [-0.25, -0.2) is 0 Å². The zero-order chi connectivity index (χ0) is 26.7. The molecular formula is C36H37N3. The van der Waals surface area contributed by atoms with E-state index in [-0.39, 0.29) is 0 Å². The summed E-state index contributed by atoms with van der Waals surface area (Å²) in [5.41, 5.74) is 8.86. The van der Waals surface area contributed by atoms with Gasteiger partial charge in [-0.15, -0.1) is 0 Å². The van der Waals surface area contributed by atoms with Crippen molar-refractivity contribution >= 4 is 17.1 Å². The topological polar surface area (TPSA) is 29.0 Å². The Hall–Kier alpha value is -4.24. The zero-order valence-electron chi connectivity index (χ0n) is 22.8. The second-order valence-electron chi connectivity index (χ2n) is 10.1. The third-order valence-electron chi connectivity index (χ3n) is 7.14. The van der Waals surface area contributed by atoms with Crippen molar-refractivity contribution in [2.75, 3.05) is 4.90 Å². The van der Waals surface area contributed by atoms with Gasteiger partial charge >= 0.3 is 0 Å². The number of pyridine rings is 2. The van der Waals surface area contributed by atoms with Crippen molar-refractivity contribution in [1.29, 1.82) is 0 Å². The zero-order valence-corrected chi connectivity index (χ0v) is 22.8. The summed E-state index contributed by atoms with van der Waals surface area (Å²) in [6, 6.07) is 38.4. The molecule has 0 radical (unpaired) electrons. The van der Waals surface area contributed by atoms with Gasteiger partial charge < -0.3 is 4.90 Å². The number of nitrogens with zero attached hydrogens (tertiary/aromatic N) is 3. The molecule has 0 spiro atoms. The molecule has 0 aliphatic carbocycles. The lowest BCUT2D eigenvalue weighted by atomic mass is 10.0. The van der Waals surface area contributed by atoms with Crippen LogP contribution in [0.1, 0.15) is 51.0 Å². The highest BCUT2D eigenvalue weighted by Gasteiger charge is 2.15. The summed E-state index contributed by atoms with van der Waals surface area (Å²) in [5, 5.41) is 0. The first kappa shape index (κ1) is 26.4. The number of aromatic nitrogens is 2. The molecule has 5 aromatic rings. The molecule has 0 saturated heterocycles. The third kappa shape index (κ3) is 7.00. The number of hydrogen-bond donors (Lipinski definition) is 0. The van der Waals surface area contributed by atoms with E-state index in [1.54, 1.807) is 0 Å². The average molecular weight is 512 g/mol. The van der Waals surface area contributed by atoms with Crippen LogP contribution in [-0.4, -0.2) is 9.97 Å². The van der Waals surface area contributed by atoms with E-state index in [2.05, 4.69) is 107 Å². The predicted molar refractivity (Wildman–Crippen MR) is 165 cm³/mol. The molecule has 3 nitrogen and oxygen atoms in total. The molecule has 0 aliphatic rings. The van der Waals surface area contributed by atoms with Gasteiger partial charge in [-0.1, -0.05) is 87.6 Å². The van der Waals surface area contributed by atoms with Crippen LogP contribution >= 0.6 is 0 Å². The normalized spacial score (nSPS) is 10.9. The van der Waals surface area contributed by atoms with Gasteiger partial charge in [-0.2, -0.15) is 0 Å². The number of unbranched alkanes of at least 4 members (excludes halogenated alkanes) is 5. The molecule has 0 N–H and O–H groups in total. The molecule has 3 aromatic carbocycles. The Morgan fingerprint density at radius 2 is 1.08 bits per heavy atom. The van der Waals surface area contributed by atoms with Crippen LogP contribution < -0.4 is 4.90 Å². The lowest BCUT2D eigenvalue weighted by Crippen LogP contribution is -2.10. The van der Waals surface area contributed by atoms with Crippen molar-refractivity contribution in [3.05, 3.63) is 127 Å². The minimum atomic E-state index is 0.968. The first-order valence-electron chi connectivity index (χ1n) is 14.2. The average Bonchev–Trinajstić information content (AvgIpc) is 3.01. The Kier molecular flexibility index (Phi) is 9.14. The van der Waals surface area contributed by atoms with Crippen molar-refractivity contribution in [3.8, 4) is 22.5 Å². The Morgan fingerprint density at radius 1 is 0.513 bits per heavy atom. The molecule has 196 valence electrons. The van der Waals surface area contributed by atoms with E-state index in [0.717, 1.165) is 46.0 Å².